The molecular formula is C8H16N4. The summed E-state index contributed by atoms with van der Waals surface area (Å²) in [6, 6.07) is 0. The van der Waals surface area contributed by atoms with E-state index in [0.29, 0.717) is 5.92 Å². The van der Waals surface area contributed by atoms with E-state index in [9.17, 15) is 0 Å². The fourth-order valence-electron chi connectivity index (χ4n) is 0.844. The molecule has 0 aliphatic rings. The minimum atomic E-state index is 0.448. The number of rotatable bonds is 3. The van der Waals surface area contributed by atoms with Gasteiger partial charge >= 0.3 is 0 Å². The molecule has 0 unspecified atom stereocenters. The van der Waals surface area contributed by atoms with E-state index in [1.54, 1.807) is 4.79 Å². The molecule has 4 nitrogen and oxygen atoms in total. The van der Waals surface area contributed by atoms with Crippen molar-refractivity contribution in [2.75, 3.05) is 18.6 Å². The van der Waals surface area contributed by atoms with Crippen molar-refractivity contribution in [2.24, 2.45) is 0 Å². The summed E-state index contributed by atoms with van der Waals surface area (Å²) in [6.07, 6.45) is 1.97. The van der Waals surface area contributed by atoms with Crippen LogP contribution in [-0.2, 0) is 0 Å². The summed E-state index contributed by atoms with van der Waals surface area (Å²) in [7, 11) is 1.98. The van der Waals surface area contributed by atoms with Gasteiger partial charge in [0, 0.05) is 13.6 Å². The van der Waals surface area contributed by atoms with Crippen LogP contribution < -0.4 is 5.01 Å². The topological polar surface area (TPSA) is 34.0 Å². The minimum absolute atomic E-state index is 0.448. The summed E-state index contributed by atoms with van der Waals surface area (Å²) in [4.78, 5) is 1.77. The monoisotopic (exact) mass is 168 g/mol. The van der Waals surface area contributed by atoms with E-state index in [1.165, 1.54) is 0 Å². The summed E-state index contributed by atoms with van der Waals surface area (Å²) in [6.45, 7) is 7.23. The fourth-order valence-corrected chi connectivity index (χ4v) is 0.844. The number of hydrogen-bond donors (Lipinski definition) is 0. The lowest BCUT2D eigenvalue weighted by Crippen LogP contribution is -2.30. The molecule has 4 heteroatoms. The first-order valence-electron chi connectivity index (χ1n) is 4.28. The number of aromatic nitrogens is 3. The fraction of sp³-hybridized carbons (Fsp3) is 0.750. The van der Waals surface area contributed by atoms with Crippen molar-refractivity contribution in [3.8, 4) is 0 Å². The molecule has 0 aliphatic carbocycles. The van der Waals surface area contributed by atoms with Gasteiger partial charge in [-0.3, -0.25) is 5.01 Å². The highest BCUT2D eigenvalue weighted by Crippen LogP contribution is 2.08. The maximum atomic E-state index is 4.06. The molecule has 0 amide bonds. The summed E-state index contributed by atoms with van der Waals surface area (Å²) >= 11 is 0. The lowest BCUT2D eigenvalue weighted by atomic mass is 10.2. The molecule has 1 rings (SSSR count). The molecule has 0 aliphatic heterocycles. The molecule has 0 aromatic carbocycles. The molecule has 0 N–H and O–H groups in total. The van der Waals surface area contributed by atoms with Gasteiger partial charge in [0.15, 0.2) is 0 Å². The molecule has 68 valence electrons. The Labute approximate surface area is 73.1 Å². The molecule has 0 saturated heterocycles. The van der Waals surface area contributed by atoms with E-state index in [0.717, 1.165) is 12.2 Å². The Morgan fingerprint density at radius 2 is 2.25 bits per heavy atom. The molecule has 0 fully saturated rings. The van der Waals surface area contributed by atoms with Crippen molar-refractivity contribution in [1.29, 1.82) is 0 Å². The average Bonchev–Trinajstić information content (AvgIpc) is 2.51. The van der Waals surface area contributed by atoms with Crippen LogP contribution in [0.25, 0.3) is 0 Å². The van der Waals surface area contributed by atoms with Crippen molar-refractivity contribution in [2.45, 2.75) is 26.7 Å². The van der Waals surface area contributed by atoms with E-state index < -0.39 is 0 Å². The maximum Gasteiger partial charge on any atom is 0.0874 e. The smallest absolute Gasteiger partial charge is 0.0874 e. The summed E-state index contributed by atoms with van der Waals surface area (Å²) in [5.74, 6) is 0.448. The average molecular weight is 168 g/mol. The summed E-state index contributed by atoms with van der Waals surface area (Å²) < 4.78 is 0. The SMILES string of the molecule is CCN(C)n1cc(C(C)C)nn1. The van der Waals surface area contributed by atoms with E-state index in [1.807, 2.05) is 18.3 Å². The Morgan fingerprint density at radius 3 is 2.67 bits per heavy atom. The Bertz CT molecular complexity index is 241. The van der Waals surface area contributed by atoms with Crippen LogP contribution in [0.15, 0.2) is 6.20 Å². The molecule has 1 aromatic heterocycles. The lowest BCUT2D eigenvalue weighted by molar-refractivity contribution is 0.573. The predicted molar refractivity (Wildman–Crippen MR) is 48.8 cm³/mol. The molecule has 0 bridgehead atoms. The zero-order chi connectivity index (χ0) is 9.14. The van der Waals surface area contributed by atoms with Gasteiger partial charge in [0.25, 0.3) is 0 Å². The first kappa shape index (κ1) is 9.03. The van der Waals surface area contributed by atoms with Crippen LogP contribution in [0.5, 0.6) is 0 Å². The van der Waals surface area contributed by atoms with Gasteiger partial charge in [0.2, 0.25) is 0 Å². The second-order valence-corrected chi connectivity index (χ2v) is 3.19. The molecule has 0 atom stereocenters. The third-order valence-corrected chi connectivity index (χ3v) is 1.90. The molecule has 1 aromatic rings. The predicted octanol–water partition coefficient (Wildman–Crippen LogP) is 0.989. The highest BCUT2D eigenvalue weighted by atomic mass is 15.7. The summed E-state index contributed by atoms with van der Waals surface area (Å²) in [5.41, 5.74) is 1.04. The van der Waals surface area contributed by atoms with E-state index >= 15 is 0 Å². The van der Waals surface area contributed by atoms with E-state index in [2.05, 4.69) is 31.1 Å². The molecule has 12 heavy (non-hydrogen) atoms. The molecule has 0 radical (unpaired) electrons. The van der Waals surface area contributed by atoms with Gasteiger partial charge in [-0.15, -0.1) is 5.10 Å². The third-order valence-electron chi connectivity index (χ3n) is 1.90. The van der Waals surface area contributed by atoms with Gasteiger partial charge in [-0.2, -0.15) is 4.79 Å². The van der Waals surface area contributed by atoms with Crippen molar-refractivity contribution in [3.63, 3.8) is 0 Å². The number of hydrogen-bond acceptors (Lipinski definition) is 3. The molecule has 0 spiro atoms. The van der Waals surface area contributed by atoms with Gasteiger partial charge in [-0.05, 0) is 18.1 Å². The highest BCUT2D eigenvalue weighted by molar-refractivity contribution is 4.99. The zero-order valence-corrected chi connectivity index (χ0v) is 8.15. The second-order valence-electron chi connectivity index (χ2n) is 3.19. The third kappa shape index (κ3) is 1.75. The van der Waals surface area contributed by atoms with Crippen molar-refractivity contribution >= 4 is 0 Å². The largest absolute Gasteiger partial charge is 0.299 e. The van der Waals surface area contributed by atoms with Crippen LogP contribution in [0.3, 0.4) is 0 Å². The Kier molecular flexibility index (Phi) is 2.68. The highest BCUT2D eigenvalue weighted by Gasteiger charge is 2.05. The van der Waals surface area contributed by atoms with Crippen LogP contribution in [0.1, 0.15) is 32.4 Å². The minimum Gasteiger partial charge on any atom is -0.299 e. The van der Waals surface area contributed by atoms with Crippen LogP contribution in [0, 0.1) is 0 Å². The van der Waals surface area contributed by atoms with E-state index in [-0.39, 0.29) is 0 Å². The first-order valence-corrected chi connectivity index (χ1v) is 4.28. The van der Waals surface area contributed by atoms with Crippen LogP contribution in [0.2, 0.25) is 0 Å². The van der Waals surface area contributed by atoms with Gasteiger partial charge < -0.3 is 0 Å². The standard InChI is InChI=1S/C8H16N4/c1-5-11(4)12-6-8(7(2)3)9-10-12/h6-7H,5H2,1-4H3. The summed E-state index contributed by atoms with van der Waals surface area (Å²) in [5, 5.41) is 10.1. The Balaban J connectivity index is 2.77. The van der Waals surface area contributed by atoms with Crippen LogP contribution >= 0.6 is 0 Å². The van der Waals surface area contributed by atoms with Crippen molar-refractivity contribution < 1.29 is 0 Å². The Hall–Kier alpha value is -1.06. The van der Waals surface area contributed by atoms with Crippen molar-refractivity contribution in [1.82, 2.24) is 15.1 Å². The maximum absolute atomic E-state index is 4.06. The van der Waals surface area contributed by atoms with Gasteiger partial charge in [-0.1, -0.05) is 13.8 Å². The van der Waals surface area contributed by atoms with Crippen molar-refractivity contribution in [3.05, 3.63) is 11.9 Å². The Morgan fingerprint density at radius 1 is 1.58 bits per heavy atom. The normalized spacial score (nSPS) is 10.8. The molecule has 0 saturated carbocycles. The van der Waals surface area contributed by atoms with Gasteiger partial charge in [-0.25, -0.2) is 0 Å². The van der Waals surface area contributed by atoms with Gasteiger partial charge in [0.1, 0.15) is 0 Å². The molecular weight excluding hydrogens is 152 g/mol. The number of nitrogens with zero attached hydrogens (tertiary/aromatic N) is 4. The second kappa shape index (κ2) is 3.56. The molecule has 1 heterocycles. The van der Waals surface area contributed by atoms with Crippen LogP contribution in [0.4, 0.5) is 0 Å². The van der Waals surface area contributed by atoms with Gasteiger partial charge in [0.05, 0.1) is 11.9 Å². The van der Waals surface area contributed by atoms with E-state index in [4.69, 9.17) is 0 Å². The lowest BCUT2D eigenvalue weighted by Gasteiger charge is -2.14. The zero-order valence-electron chi connectivity index (χ0n) is 8.15. The van der Waals surface area contributed by atoms with Crippen LogP contribution in [-0.4, -0.2) is 28.7 Å². The first-order chi connectivity index (χ1) is 5.65. The quantitative estimate of drug-likeness (QED) is 0.675.